The molecule has 0 radical (unpaired) electrons. The van der Waals surface area contributed by atoms with Gasteiger partial charge in [-0.1, -0.05) is 28.8 Å². The van der Waals surface area contributed by atoms with Crippen LogP contribution in [-0.4, -0.2) is 29.1 Å². The van der Waals surface area contributed by atoms with Gasteiger partial charge in [0.25, 0.3) is 5.91 Å². The van der Waals surface area contributed by atoms with E-state index in [-0.39, 0.29) is 12.5 Å². The van der Waals surface area contributed by atoms with Crippen LogP contribution in [0.5, 0.6) is 0 Å². The number of unbranched alkanes of at least 4 members (excludes halogenated alkanes) is 3. The normalized spacial score (nSPS) is 10.5. The second-order valence-corrected chi connectivity index (χ2v) is 5.19. The van der Waals surface area contributed by atoms with Gasteiger partial charge in [0.05, 0.1) is 12.3 Å². The molecule has 1 aromatic heterocycles. The molecular weight excluding hydrogens is 310 g/mol. The number of carbonyl (C=O) groups is 1. The Morgan fingerprint density at radius 2 is 2.05 bits per heavy atom. The summed E-state index contributed by atoms with van der Waals surface area (Å²) in [5.41, 5.74) is 6.20. The number of halogens is 1. The number of rotatable bonds is 8. The number of aromatic nitrogens is 1. The fraction of sp³-hybridized carbons (Fsp3) is 0.538. The maximum Gasteiger partial charge on any atom is 0.269 e. The summed E-state index contributed by atoms with van der Waals surface area (Å²) in [5, 5.41) is 11.9. The summed E-state index contributed by atoms with van der Waals surface area (Å²) in [5.74, 6) is -0.213. The summed E-state index contributed by atoms with van der Waals surface area (Å²) < 4.78 is 0.736. The maximum atomic E-state index is 11.9. The van der Waals surface area contributed by atoms with E-state index in [0.717, 1.165) is 36.7 Å². The lowest BCUT2D eigenvalue weighted by atomic mass is 10.2. The largest absolute Gasteiger partial charge is 0.390 e. The highest BCUT2D eigenvalue weighted by atomic mass is 79.9. The van der Waals surface area contributed by atoms with Crippen molar-refractivity contribution in [2.45, 2.75) is 32.3 Å². The number of pyridine rings is 1. The van der Waals surface area contributed by atoms with Gasteiger partial charge in [-0.3, -0.25) is 4.79 Å². The van der Waals surface area contributed by atoms with Crippen molar-refractivity contribution in [2.24, 2.45) is 5.73 Å². The van der Waals surface area contributed by atoms with Crippen LogP contribution in [0.15, 0.2) is 16.6 Å². The van der Waals surface area contributed by atoms with Crippen LogP contribution < -0.4 is 11.1 Å². The number of carbonyl (C=O) groups excluding carboxylic acids is 1. The molecule has 0 saturated heterocycles. The van der Waals surface area contributed by atoms with Gasteiger partial charge in [0, 0.05) is 11.0 Å². The Kier molecular flexibility index (Phi) is 7.62. The van der Waals surface area contributed by atoms with Crippen molar-refractivity contribution >= 4 is 21.8 Å². The number of nitrogens with one attached hydrogen (secondary N) is 1. The molecule has 0 bridgehead atoms. The monoisotopic (exact) mass is 329 g/mol. The molecule has 4 N–H and O–H groups in total. The lowest BCUT2D eigenvalue weighted by Gasteiger charge is -2.06. The van der Waals surface area contributed by atoms with Crippen molar-refractivity contribution in [3.8, 4) is 0 Å². The van der Waals surface area contributed by atoms with E-state index in [4.69, 9.17) is 10.8 Å². The molecule has 1 aromatic rings. The smallest absolute Gasteiger partial charge is 0.269 e. The van der Waals surface area contributed by atoms with Crippen molar-refractivity contribution in [1.82, 2.24) is 10.3 Å². The lowest BCUT2D eigenvalue weighted by Crippen LogP contribution is -2.25. The molecule has 1 rings (SSSR count). The van der Waals surface area contributed by atoms with Crippen molar-refractivity contribution in [1.29, 1.82) is 0 Å². The SMILES string of the molecule is NCCCCCCNC(=O)c1cc(Br)cc(CO)n1. The second-order valence-electron chi connectivity index (χ2n) is 4.28. The Morgan fingerprint density at radius 1 is 1.32 bits per heavy atom. The van der Waals surface area contributed by atoms with E-state index in [1.165, 1.54) is 0 Å². The zero-order valence-corrected chi connectivity index (χ0v) is 12.4. The molecule has 1 amide bonds. The first-order chi connectivity index (χ1) is 9.17. The fourth-order valence-electron chi connectivity index (χ4n) is 1.66. The minimum absolute atomic E-state index is 0.182. The first-order valence-electron chi connectivity index (χ1n) is 6.43. The summed E-state index contributed by atoms with van der Waals surface area (Å²) in [6, 6.07) is 3.33. The molecule has 5 nitrogen and oxygen atoms in total. The van der Waals surface area contributed by atoms with Gasteiger partial charge >= 0.3 is 0 Å². The van der Waals surface area contributed by atoms with Crippen LogP contribution in [0, 0.1) is 0 Å². The molecule has 0 fully saturated rings. The molecule has 19 heavy (non-hydrogen) atoms. The van der Waals surface area contributed by atoms with Crippen LogP contribution in [0.2, 0.25) is 0 Å². The summed E-state index contributed by atoms with van der Waals surface area (Å²) >= 11 is 3.29. The minimum Gasteiger partial charge on any atom is -0.390 e. The molecule has 0 aliphatic carbocycles. The number of nitrogens with two attached hydrogens (primary N) is 1. The van der Waals surface area contributed by atoms with Gasteiger partial charge in [0.15, 0.2) is 0 Å². The average molecular weight is 330 g/mol. The van der Waals surface area contributed by atoms with Crippen LogP contribution in [0.1, 0.15) is 41.9 Å². The highest BCUT2D eigenvalue weighted by Gasteiger charge is 2.09. The zero-order valence-electron chi connectivity index (χ0n) is 10.9. The van der Waals surface area contributed by atoms with Gasteiger partial charge in [-0.25, -0.2) is 4.98 Å². The Morgan fingerprint density at radius 3 is 2.74 bits per heavy atom. The molecule has 0 spiro atoms. The number of nitrogens with zero attached hydrogens (tertiary/aromatic N) is 1. The molecule has 1 heterocycles. The number of aliphatic hydroxyl groups excluding tert-OH is 1. The Balaban J connectivity index is 2.39. The first kappa shape index (κ1) is 16.1. The Bertz CT molecular complexity index is 413. The Labute approximate surface area is 121 Å². The van der Waals surface area contributed by atoms with Gasteiger partial charge in [-0.05, 0) is 31.5 Å². The molecule has 0 aliphatic heterocycles. The van der Waals surface area contributed by atoms with E-state index in [0.29, 0.717) is 17.9 Å². The molecule has 106 valence electrons. The zero-order chi connectivity index (χ0) is 14.1. The predicted molar refractivity (Wildman–Crippen MR) is 77.7 cm³/mol. The average Bonchev–Trinajstić information content (AvgIpc) is 2.41. The summed E-state index contributed by atoms with van der Waals surface area (Å²) in [6.07, 6.45) is 4.12. The highest BCUT2D eigenvalue weighted by molar-refractivity contribution is 9.10. The Hall–Kier alpha value is -0.980. The van der Waals surface area contributed by atoms with Crippen LogP contribution in [-0.2, 0) is 6.61 Å². The van der Waals surface area contributed by atoms with Crippen LogP contribution in [0.3, 0.4) is 0 Å². The number of aliphatic hydroxyl groups is 1. The number of amides is 1. The molecule has 0 aliphatic rings. The van der Waals surface area contributed by atoms with Gasteiger partial charge in [-0.15, -0.1) is 0 Å². The van der Waals surface area contributed by atoms with Crippen molar-refractivity contribution in [3.05, 3.63) is 28.0 Å². The van der Waals surface area contributed by atoms with Gasteiger partial charge in [0.2, 0.25) is 0 Å². The van der Waals surface area contributed by atoms with Gasteiger partial charge < -0.3 is 16.2 Å². The van der Waals surface area contributed by atoms with E-state index < -0.39 is 0 Å². The standard InChI is InChI=1S/C13H20BrN3O2/c14-10-7-11(9-18)17-12(8-10)13(19)16-6-4-2-1-3-5-15/h7-8,18H,1-6,9,15H2,(H,16,19). The summed E-state index contributed by atoms with van der Waals surface area (Å²) in [4.78, 5) is 15.9. The van der Waals surface area contributed by atoms with Crippen molar-refractivity contribution in [3.63, 3.8) is 0 Å². The maximum absolute atomic E-state index is 11.9. The van der Waals surface area contributed by atoms with E-state index in [1.807, 2.05) is 0 Å². The highest BCUT2D eigenvalue weighted by Crippen LogP contribution is 2.13. The minimum atomic E-state index is -0.213. The van der Waals surface area contributed by atoms with E-state index in [9.17, 15) is 4.79 Å². The van der Waals surface area contributed by atoms with Crippen molar-refractivity contribution < 1.29 is 9.90 Å². The fourth-order valence-corrected chi connectivity index (χ4v) is 2.14. The molecule has 0 unspecified atom stereocenters. The van der Waals surface area contributed by atoms with Crippen LogP contribution >= 0.6 is 15.9 Å². The summed E-state index contributed by atoms with van der Waals surface area (Å²) in [6.45, 7) is 1.17. The van der Waals surface area contributed by atoms with E-state index >= 15 is 0 Å². The molecule has 0 saturated carbocycles. The third-order valence-electron chi connectivity index (χ3n) is 2.65. The lowest BCUT2D eigenvalue weighted by molar-refractivity contribution is 0.0947. The molecule has 0 aromatic carbocycles. The first-order valence-corrected chi connectivity index (χ1v) is 7.22. The van der Waals surface area contributed by atoms with E-state index in [1.54, 1.807) is 12.1 Å². The number of hydrogen-bond donors (Lipinski definition) is 3. The van der Waals surface area contributed by atoms with Crippen LogP contribution in [0.25, 0.3) is 0 Å². The summed E-state index contributed by atoms with van der Waals surface area (Å²) in [7, 11) is 0. The third-order valence-corrected chi connectivity index (χ3v) is 3.11. The van der Waals surface area contributed by atoms with Crippen LogP contribution in [0.4, 0.5) is 0 Å². The predicted octanol–water partition coefficient (Wildman–Crippen LogP) is 1.59. The molecule has 6 heteroatoms. The quantitative estimate of drug-likeness (QED) is 0.632. The van der Waals surface area contributed by atoms with Crippen molar-refractivity contribution in [2.75, 3.05) is 13.1 Å². The van der Waals surface area contributed by atoms with Gasteiger partial charge in [-0.2, -0.15) is 0 Å². The molecule has 0 atom stereocenters. The third kappa shape index (κ3) is 6.13. The topological polar surface area (TPSA) is 88.2 Å². The number of hydrogen-bond acceptors (Lipinski definition) is 4. The van der Waals surface area contributed by atoms with Gasteiger partial charge in [0.1, 0.15) is 5.69 Å². The second kappa shape index (κ2) is 9.01. The molecular formula is C13H20BrN3O2. The van der Waals surface area contributed by atoms with E-state index in [2.05, 4.69) is 26.2 Å².